The molecule has 10 nitrogen and oxygen atoms in total. The van der Waals surface area contributed by atoms with Crippen LogP contribution in [0.4, 0.5) is 24.1 Å². The lowest BCUT2D eigenvalue weighted by atomic mass is 9.88. The van der Waals surface area contributed by atoms with Crippen molar-refractivity contribution < 1.29 is 22.6 Å². The number of nitrogen functional groups attached to an aromatic ring is 2. The Bertz CT molecular complexity index is 2200. The molecule has 5 atom stereocenters. The lowest BCUT2D eigenvalue weighted by Gasteiger charge is -2.37. The summed E-state index contributed by atoms with van der Waals surface area (Å²) in [6.45, 7) is 1.32. The number of hydrogen-bond acceptors (Lipinski definition) is 11. The molecule has 254 valence electrons. The number of thiazole rings is 1. The van der Waals surface area contributed by atoms with E-state index in [2.05, 4.69) is 25.5 Å². The molecule has 2 aromatic heterocycles. The van der Waals surface area contributed by atoms with Crippen molar-refractivity contribution in [3.05, 3.63) is 75.3 Å². The number of ether oxygens (including phenoxy) is 2. The van der Waals surface area contributed by atoms with Gasteiger partial charge in [-0.05, 0) is 49.6 Å². The van der Waals surface area contributed by atoms with Gasteiger partial charge in [-0.25, -0.2) is 23.1 Å². The first-order chi connectivity index (χ1) is 23.7. The van der Waals surface area contributed by atoms with E-state index in [0.717, 1.165) is 36.3 Å². The van der Waals surface area contributed by atoms with Crippen LogP contribution >= 0.6 is 22.9 Å². The van der Waals surface area contributed by atoms with Gasteiger partial charge >= 0.3 is 0 Å². The zero-order valence-corrected chi connectivity index (χ0v) is 27.7. The van der Waals surface area contributed by atoms with E-state index in [1.165, 1.54) is 12.1 Å². The van der Waals surface area contributed by atoms with Crippen LogP contribution in [0.5, 0.6) is 5.75 Å². The highest BCUT2D eigenvalue weighted by molar-refractivity contribution is 7.22. The van der Waals surface area contributed by atoms with Crippen LogP contribution in [0.25, 0.3) is 27.2 Å². The number of aromatic nitrogens is 2. The highest BCUT2D eigenvalue weighted by Crippen LogP contribution is 2.43. The predicted molar refractivity (Wildman–Crippen MR) is 181 cm³/mol. The monoisotopic (exact) mass is 708 g/mol. The Morgan fingerprint density at radius 2 is 2.08 bits per heavy atom. The van der Waals surface area contributed by atoms with Gasteiger partial charge in [0.2, 0.25) is 0 Å². The van der Waals surface area contributed by atoms with Crippen molar-refractivity contribution in [2.45, 2.75) is 56.0 Å². The number of nitrogens with one attached hydrogen (secondary N) is 2. The molecule has 3 fully saturated rings. The van der Waals surface area contributed by atoms with Gasteiger partial charge in [-0.1, -0.05) is 29.0 Å². The molecule has 5 aliphatic heterocycles. The first kappa shape index (κ1) is 30.8. The van der Waals surface area contributed by atoms with Crippen LogP contribution in [0.2, 0.25) is 5.02 Å². The standard InChI is InChI=1S/C34H32ClF3N8O2S/c35-25-23(18-4-5-19(37)30-27(18)45-33(40)49-30)26(38)29-24-28(25)43-21-11-20(42-32(24)44-21)16(9-15-3-1-7-41-31(15)39)10-22(48-29)47-14-34-6-2-8-46(34)13-17(36)12-34/h1,3-5,7,10,16-17,20-21,42,44H,2,6,8-9,11-14H2,(H2,39,41)(H2,40,45)/t16?,17-,20-,21-,34+/m1/s1. The summed E-state index contributed by atoms with van der Waals surface area (Å²) in [5.74, 6) is -0.749. The summed E-state index contributed by atoms with van der Waals surface area (Å²) in [5.41, 5.74) is 13.0. The van der Waals surface area contributed by atoms with Crippen molar-refractivity contribution >= 4 is 49.9 Å². The number of hydrogen-bond donors (Lipinski definition) is 4. The zero-order chi connectivity index (χ0) is 33.6. The summed E-state index contributed by atoms with van der Waals surface area (Å²) >= 11 is 8.01. The number of benzene rings is 2. The molecule has 15 heteroatoms. The number of nitrogens with zero attached hydrogens (tertiary/aromatic N) is 4. The summed E-state index contributed by atoms with van der Waals surface area (Å²) in [4.78, 5) is 15.7. The minimum absolute atomic E-state index is 0.0365. The van der Waals surface area contributed by atoms with E-state index in [9.17, 15) is 8.78 Å². The molecule has 6 N–H and O–H groups in total. The van der Waals surface area contributed by atoms with E-state index in [1.54, 1.807) is 6.20 Å². The number of fused-ring (bicyclic) bond motifs is 4. The number of alkyl halides is 1. The summed E-state index contributed by atoms with van der Waals surface area (Å²) < 4.78 is 60.0. The molecule has 7 heterocycles. The predicted octanol–water partition coefficient (Wildman–Crippen LogP) is 4.12. The first-order valence-electron chi connectivity index (χ1n) is 16.3. The summed E-state index contributed by atoms with van der Waals surface area (Å²) in [7, 11) is 0. The summed E-state index contributed by atoms with van der Waals surface area (Å²) in [6.07, 6.45) is 5.26. The molecule has 9 rings (SSSR count). The van der Waals surface area contributed by atoms with Gasteiger partial charge in [0.15, 0.2) is 16.7 Å². The Morgan fingerprint density at radius 1 is 1.20 bits per heavy atom. The van der Waals surface area contributed by atoms with Crippen LogP contribution < -0.4 is 37.4 Å². The molecule has 49 heavy (non-hydrogen) atoms. The number of rotatable bonds is 6. The van der Waals surface area contributed by atoms with Crippen LogP contribution in [0.3, 0.4) is 0 Å². The lowest BCUT2D eigenvalue weighted by molar-refractivity contribution is 0.0261. The highest BCUT2D eigenvalue weighted by atomic mass is 35.5. The molecule has 5 aliphatic rings. The van der Waals surface area contributed by atoms with E-state index in [4.69, 9.17) is 37.5 Å². The SMILES string of the molecule is Nc1nc2c(-c3c(F)c4c5c(c3Cl)=N[C@H]3C[C@@H](NC=5N3)C(Cc3cccnc3N)C=C(OC[C@@]35CCCN3C[C@H](F)C5)O4)ccc(F)c2s1. The van der Waals surface area contributed by atoms with Crippen molar-refractivity contribution in [1.82, 2.24) is 25.5 Å². The van der Waals surface area contributed by atoms with Crippen molar-refractivity contribution in [3.8, 4) is 16.9 Å². The Kier molecular flexibility index (Phi) is 7.15. The second kappa shape index (κ2) is 11.4. The van der Waals surface area contributed by atoms with Crippen LogP contribution in [0, 0.1) is 17.6 Å². The third-order valence-corrected chi connectivity index (χ3v) is 11.7. The molecular formula is C34H32ClF3N8O2S. The van der Waals surface area contributed by atoms with E-state index in [1.807, 2.05) is 18.2 Å². The van der Waals surface area contributed by atoms with E-state index in [-0.39, 0.29) is 61.8 Å². The van der Waals surface area contributed by atoms with Crippen molar-refractivity contribution in [2.24, 2.45) is 10.9 Å². The average molecular weight is 709 g/mol. The fraction of sp³-hybridized carbons (Fsp3) is 0.382. The number of pyridine rings is 1. The Hall–Kier alpha value is -4.27. The van der Waals surface area contributed by atoms with Gasteiger partial charge in [0.05, 0.1) is 31.4 Å². The van der Waals surface area contributed by atoms with Gasteiger partial charge in [0.25, 0.3) is 5.95 Å². The quantitative estimate of drug-likeness (QED) is 0.233. The van der Waals surface area contributed by atoms with Gasteiger partial charge in [-0.15, -0.1) is 0 Å². The highest BCUT2D eigenvalue weighted by Gasteiger charge is 2.49. The number of halogens is 4. The molecule has 0 spiro atoms. The van der Waals surface area contributed by atoms with Gasteiger partial charge in [-0.2, -0.15) is 0 Å². The fourth-order valence-electron chi connectivity index (χ4n) is 8.19. The molecule has 1 unspecified atom stereocenters. The summed E-state index contributed by atoms with van der Waals surface area (Å²) in [6, 6.07) is 6.24. The van der Waals surface area contributed by atoms with Crippen molar-refractivity contribution in [2.75, 3.05) is 31.2 Å². The third kappa shape index (κ3) is 4.97. The van der Waals surface area contributed by atoms with Gasteiger partial charge in [0.1, 0.15) is 36.4 Å². The Morgan fingerprint density at radius 3 is 2.94 bits per heavy atom. The smallest absolute Gasteiger partial charge is 0.281 e. The topological polar surface area (TPSA) is 136 Å². The molecule has 0 aliphatic carbocycles. The average Bonchev–Trinajstić information content (AvgIpc) is 3.75. The molecule has 0 radical (unpaired) electrons. The normalized spacial score (nSPS) is 26.9. The molecule has 4 aromatic rings. The van der Waals surface area contributed by atoms with Crippen LogP contribution in [-0.2, 0) is 11.2 Å². The molecule has 2 aromatic carbocycles. The summed E-state index contributed by atoms with van der Waals surface area (Å²) in [5, 5.41) is 7.73. The van der Waals surface area contributed by atoms with Gasteiger partial charge < -0.3 is 31.6 Å². The minimum Gasteiger partial charge on any atom is -0.463 e. The molecular weight excluding hydrogens is 677 g/mol. The lowest BCUT2D eigenvalue weighted by Crippen LogP contribution is -2.57. The van der Waals surface area contributed by atoms with Crippen molar-refractivity contribution in [1.29, 1.82) is 0 Å². The Labute approximate surface area is 287 Å². The van der Waals surface area contributed by atoms with Crippen molar-refractivity contribution in [3.63, 3.8) is 0 Å². The van der Waals surface area contributed by atoms with E-state index < -0.39 is 29.5 Å². The third-order valence-electron chi connectivity index (χ3n) is 10.4. The number of anilines is 2. The second-order valence-electron chi connectivity index (χ2n) is 13.4. The van der Waals surface area contributed by atoms with Crippen LogP contribution in [-0.4, -0.2) is 58.5 Å². The maximum absolute atomic E-state index is 17.2. The zero-order valence-electron chi connectivity index (χ0n) is 26.1. The first-order valence-corrected chi connectivity index (χ1v) is 17.5. The fourth-order valence-corrected chi connectivity index (χ4v) is 9.28. The second-order valence-corrected chi connectivity index (χ2v) is 14.8. The largest absolute Gasteiger partial charge is 0.463 e. The molecule has 0 amide bonds. The maximum atomic E-state index is 17.2. The maximum Gasteiger partial charge on any atom is 0.281 e. The van der Waals surface area contributed by atoms with E-state index in [0.29, 0.717) is 48.0 Å². The molecule has 3 saturated heterocycles. The number of nitrogens with two attached hydrogens (primary N) is 2. The molecule has 0 saturated carbocycles. The Balaban J connectivity index is 1.22. The van der Waals surface area contributed by atoms with Gasteiger partial charge in [0, 0.05) is 54.7 Å². The van der Waals surface area contributed by atoms with Gasteiger partial charge in [-0.3, -0.25) is 9.89 Å². The minimum atomic E-state index is -0.947. The van der Waals surface area contributed by atoms with E-state index >= 15 is 4.39 Å². The van der Waals surface area contributed by atoms with Crippen LogP contribution in [0.15, 0.2) is 47.5 Å². The molecule has 3 bridgehead atoms. The van der Waals surface area contributed by atoms with Crippen LogP contribution in [0.1, 0.15) is 31.2 Å².